The van der Waals surface area contributed by atoms with E-state index in [0.717, 1.165) is 23.1 Å². The fourth-order valence-electron chi connectivity index (χ4n) is 3.01. The van der Waals surface area contributed by atoms with E-state index in [1.165, 1.54) is 0 Å². The van der Waals surface area contributed by atoms with Crippen molar-refractivity contribution >= 4 is 10.0 Å². The van der Waals surface area contributed by atoms with E-state index < -0.39 is 10.0 Å². The van der Waals surface area contributed by atoms with Crippen LogP contribution in [0.2, 0.25) is 0 Å². The summed E-state index contributed by atoms with van der Waals surface area (Å²) in [6, 6.07) is 9.15. The number of sulfonamides is 1. The molecule has 2 aromatic rings. The molecule has 1 aliphatic rings. The fourth-order valence-corrected chi connectivity index (χ4v) is 4.63. The zero-order valence-electron chi connectivity index (χ0n) is 13.9. The van der Waals surface area contributed by atoms with Crippen LogP contribution in [-0.2, 0) is 21.2 Å². The summed E-state index contributed by atoms with van der Waals surface area (Å²) in [4.78, 5) is 4.36. The summed E-state index contributed by atoms with van der Waals surface area (Å²) >= 11 is 0. The molecule has 2 heterocycles. The van der Waals surface area contributed by atoms with Crippen LogP contribution >= 0.6 is 0 Å². The van der Waals surface area contributed by atoms with E-state index in [9.17, 15) is 8.42 Å². The molecular weight excluding hydrogens is 324 g/mol. The molecule has 128 valence electrons. The average Bonchev–Trinajstić information content (AvgIpc) is 2.97. The Balaban J connectivity index is 1.77. The molecule has 1 aromatic heterocycles. The van der Waals surface area contributed by atoms with E-state index in [-0.39, 0.29) is 12.0 Å². The second-order valence-electron chi connectivity index (χ2n) is 6.35. The molecule has 3 rings (SSSR count). The van der Waals surface area contributed by atoms with Gasteiger partial charge in [0.2, 0.25) is 10.0 Å². The topological polar surface area (TPSA) is 68.3 Å². The highest BCUT2D eigenvalue weighted by Crippen LogP contribution is 2.23. The zero-order valence-corrected chi connectivity index (χ0v) is 14.7. The Hall–Kier alpha value is -1.76. The van der Waals surface area contributed by atoms with Crippen LogP contribution in [-0.4, -0.2) is 32.7 Å². The number of hydrogen-bond acceptors (Lipinski definition) is 4. The van der Waals surface area contributed by atoms with E-state index in [2.05, 4.69) is 9.71 Å². The standard InChI is InChI=1S/C18H22N2O3S/c1-13-3-4-14(2)18(9-13)24(21,22)20-17-12-23-11-16(17)10-15-5-7-19-8-6-15/h3-9,16-17,20H,10-12H2,1-2H3/t16-,17+/m1/s1. The normalized spacial score (nSPS) is 21.1. The van der Waals surface area contributed by atoms with E-state index in [4.69, 9.17) is 4.74 Å². The molecule has 2 atom stereocenters. The van der Waals surface area contributed by atoms with Gasteiger partial charge in [-0.15, -0.1) is 0 Å². The zero-order chi connectivity index (χ0) is 17.2. The number of aromatic nitrogens is 1. The molecule has 1 aromatic carbocycles. The van der Waals surface area contributed by atoms with E-state index in [0.29, 0.717) is 18.1 Å². The van der Waals surface area contributed by atoms with Gasteiger partial charge in [-0.3, -0.25) is 4.98 Å². The van der Waals surface area contributed by atoms with Gasteiger partial charge in [-0.25, -0.2) is 13.1 Å². The molecule has 24 heavy (non-hydrogen) atoms. The maximum absolute atomic E-state index is 12.8. The van der Waals surface area contributed by atoms with Crippen LogP contribution in [0.4, 0.5) is 0 Å². The van der Waals surface area contributed by atoms with Gasteiger partial charge in [0.05, 0.1) is 24.2 Å². The molecule has 0 bridgehead atoms. The van der Waals surface area contributed by atoms with Gasteiger partial charge < -0.3 is 4.74 Å². The lowest BCUT2D eigenvalue weighted by atomic mass is 9.96. The molecule has 5 nitrogen and oxygen atoms in total. The van der Waals surface area contributed by atoms with Gasteiger partial charge in [-0.2, -0.15) is 0 Å². The Bertz CT molecular complexity index is 806. The maximum atomic E-state index is 12.8. The van der Waals surface area contributed by atoms with Crippen molar-refractivity contribution in [2.45, 2.75) is 31.2 Å². The number of hydrogen-bond donors (Lipinski definition) is 1. The van der Waals surface area contributed by atoms with Gasteiger partial charge in [0.1, 0.15) is 0 Å². The lowest BCUT2D eigenvalue weighted by Crippen LogP contribution is -2.40. The highest BCUT2D eigenvalue weighted by Gasteiger charge is 2.32. The van der Waals surface area contributed by atoms with E-state index in [1.807, 2.05) is 38.1 Å². The minimum Gasteiger partial charge on any atom is -0.379 e. The van der Waals surface area contributed by atoms with Gasteiger partial charge in [0, 0.05) is 18.3 Å². The fraction of sp³-hybridized carbons (Fsp3) is 0.389. The predicted molar refractivity (Wildman–Crippen MR) is 92.3 cm³/mol. The number of aryl methyl sites for hydroxylation is 2. The van der Waals surface area contributed by atoms with Gasteiger partial charge in [0.25, 0.3) is 0 Å². The van der Waals surface area contributed by atoms with Gasteiger partial charge in [0.15, 0.2) is 0 Å². The summed E-state index contributed by atoms with van der Waals surface area (Å²) in [5.41, 5.74) is 2.81. The number of nitrogens with one attached hydrogen (secondary N) is 1. The molecule has 1 aliphatic heterocycles. The third kappa shape index (κ3) is 3.83. The summed E-state index contributed by atoms with van der Waals surface area (Å²) in [5, 5.41) is 0. The van der Waals surface area contributed by atoms with Crippen molar-refractivity contribution in [3.8, 4) is 0 Å². The first-order chi connectivity index (χ1) is 11.5. The van der Waals surface area contributed by atoms with Crippen LogP contribution in [0.3, 0.4) is 0 Å². The number of ether oxygens (including phenoxy) is 1. The molecule has 0 spiro atoms. The number of pyridine rings is 1. The van der Waals surface area contributed by atoms with Crippen LogP contribution in [0.5, 0.6) is 0 Å². The van der Waals surface area contributed by atoms with E-state index >= 15 is 0 Å². The smallest absolute Gasteiger partial charge is 0.241 e. The first-order valence-corrected chi connectivity index (χ1v) is 9.50. The first-order valence-electron chi connectivity index (χ1n) is 8.02. The van der Waals surface area contributed by atoms with Crippen LogP contribution in [0.25, 0.3) is 0 Å². The first kappa shape index (κ1) is 17.1. The Kier molecular flexibility index (Phi) is 4.99. The van der Waals surface area contributed by atoms with Crippen molar-refractivity contribution in [1.82, 2.24) is 9.71 Å². The Morgan fingerprint density at radius 1 is 1.17 bits per heavy atom. The summed E-state index contributed by atoms with van der Waals surface area (Å²) < 4.78 is 33.9. The van der Waals surface area contributed by atoms with Crippen LogP contribution in [0.1, 0.15) is 16.7 Å². The van der Waals surface area contributed by atoms with Crippen LogP contribution < -0.4 is 4.72 Å². The van der Waals surface area contributed by atoms with Crippen molar-refractivity contribution in [1.29, 1.82) is 0 Å². The van der Waals surface area contributed by atoms with Crippen molar-refractivity contribution < 1.29 is 13.2 Å². The molecule has 0 aliphatic carbocycles. The summed E-state index contributed by atoms with van der Waals surface area (Å²) in [6.45, 7) is 4.67. The number of nitrogens with zero attached hydrogens (tertiary/aromatic N) is 1. The quantitative estimate of drug-likeness (QED) is 0.901. The molecule has 1 fully saturated rings. The summed E-state index contributed by atoms with van der Waals surface area (Å²) in [7, 11) is -3.56. The maximum Gasteiger partial charge on any atom is 0.241 e. The SMILES string of the molecule is Cc1ccc(C)c(S(=O)(=O)N[C@H]2COC[C@H]2Cc2ccncc2)c1. The third-order valence-electron chi connectivity index (χ3n) is 4.39. The highest BCUT2D eigenvalue weighted by molar-refractivity contribution is 7.89. The van der Waals surface area contributed by atoms with Gasteiger partial charge in [-0.05, 0) is 55.2 Å². The molecule has 0 saturated carbocycles. The molecule has 1 saturated heterocycles. The molecule has 0 amide bonds. The second kappa shape index (κ2) is 7.01. The van der Waals surface area contributed by atoms with Crippen molar-refractivity contribution in [2.24, 2.45) is 5.92 Å². The Morgan fingerprint density at radius 2 is 1.92 bits per heavy atom. The van der Waals surface area contributed by atoms with Crippen molar-refractivity contribution in [2.75, 3.05) is 13.2 Å². The number of benzene rings is 1. The van der Waals surface area contributed by atoms with Gasteiger partial charge >= 0.3 is 0 Å². The van der Waals surface area contributed by atoms with Crippen LogP contribution in [0.15, 0.2) is 47.6 Å². The average molecular weight is 346 g/mol. The molecule has 0 unspecified atom stereocenters. The predicted octanol–water partition coefficient (Wildman–Crippen LogP) is 2.23. The monoisotopic (exact) mass is 346 g/mol. The summed E-state index contributed by atoms with van der Waals surface area (Å²) in [6.07, 6.45) is 4.27. The Morgan fingerprint density at radius 3 is 2.67 bits per heavy atom. The Labute approximate surface area is 143 Å². The number of rotatable bonds is 5. The van der Waals surface area contributed by atoms with E-state index in [1.54, 1.807) is 18.5 Å². The lowest BCUT2D eigenvalue weighted by molar-refractivity contribution is 0.183. The van der Waals surface area contributed by atoms with Gasteiger partial charge in [-0.1, -0.05) is 12.1 Å². The third-order valence-corrected chi connectivity index (χ3v) is 6.02. The molecule has 6 heteroatoms. The molecule has 1 N–H and O–H groups in total. The second-order valence-corrected chi connectivity index (χ2v) is 8.04. The van der Waals surface area contributed by atoms with Crippen molar-refractivity contribution in [3.63, 3.8) is 0 Å². The largest absolute Gasteiger partial charge is 0.379 e. The lowest BCUT2D eigenvalue weighted by Gasteiger charge is -2.20. The minimum absolute atomic E-state index is 0.118. The van der Waals surface area contributed by atoms with Crippen molar-refractivity contribution in [3.05, 3.63) is 59.4 Å². The molecule has 0 radical (unpaired) electrons. The minimum atomic E-state index is -3.56. The summed E-state index contributed by atoms with van der Waals surface area (Å²) in [5.74, 6) is 0.118. The highest BCUT2D eigenvalue weighted by atomic mass is 32.2. The molecular formula is C18H22N2O3S. The van der Waals surface area contributed by atoms with Crippen LogP contribution in [0, 0.1) is 19.8 Å².